The average Bonchev–Trinajstić information content (AvgIpc) is 3.10. The van der Waals surface area contributed by atoms with Crippen molar-refractivity contribution in [3.63, 3.8) is 0 Å². The highest BCUT2D eigenvalue weighted by molar-refractivity contribution is 5.97. The van der Waals surface area contributed by atoms with Crippen molar-refractivity contribution in [1.29, 1.82) is 0 Å². The van der Waals surface area contributed by atoms with Crippen molar-refractivity contribution in [2.24, 2.45) is 0 Å². The molecule has 2 amide bonds. The molecule has 0 unspecified atom stereocenters. The Kier molecular flexibility index (Phi) is 6.52. The number of carbonyl (C=O) groups is 2. The molecule has 0 atom stereocenters. The van der Waals surface area contributed by atoms with E-state index in [-0.39, 0.29) is 11.8 Å². The van der Waals surface area contributed by atoms with Crippen molar-refractivity contribution >= 4 is 11.8 Å². The predicted octanol–water partition coefficient (Wildman–Crippen LogP) is 1.87. The molecular formula is C20H33N5O2. The van der Waals surface area contributed by atoms with E-state index in [1.54, 1.807) is 4.90 Å². The predicted molar refractivity (Wildman–Crippen MR) is 105 cm³/mol. The quantitative estimate of drug-likeness (QED) is 0.762. The second kappa shape index (κ2) is 8.87. The van der Waals surface area contributed by atoms with Gasteiger partial charge in [-0.3, -0.25) is 9.59 Å². The highest BCUT2D eigenvalue weighted by atomic mass is 16.2. The van der Waals surface area contributed by atoms with Crippen LogP contribution in [-0.4, -0.2) is 82.4 Å². The second-order valence-corrected chi connectivity index (χ2v) is 7.65. The number of hydrogen-bond acceptors (Lipinski definition) is 4. The van der Waals surface area contributed by atoms with Gasteiger partial charge in [-0.05, 0) is 32.2 Å². The monoisotopic (exact) mass is 375 g/mol. The van der Waals surface area contributed by atoms with Gasteiger partial charge in [0.05, 0.1) is 5.69 Å². The van der Waals surface area contributed by atoms with Crippen LogP contribution in [0.15, 0.2) is 0 Å². The zero-order valence-electron chi connectivity index (χ0n) is 17.0. The normalized spacial score (nSPS) is 17.7. The molecule has 7 heteroatoms. The van der Waals surface area contributed by atoms with E-state index in [0.29, 0.717) is 11.5 Å². The van der Waals surface area contributed by atoms with Crippen molar-refractivity contribution in [2.75, 3.05) is 46.3 Å². The van der Waals surface area contributed by atoms with Crippen LogP contribution in [0.25, 0.3) is 0 Å². The zero-order chi connectivity index (χ0) is 19.4. The Morgan fingerprint density at radius 1 is 1.07 bits per heavy atom. The fraction of sp³-hybridized carbons (Fsp3) is 0.750. The van der Waals surface area contributed by atoms with Crippen LogP contribution in [0.2, 0.25) is 0 Å². The van der Waals surface area contributed by atoms with Gasteiger partial charge >= 0.3 is 0 Å². The molecule has 27 heavy (non-hydrogen) atoms. The minimum atomic E-state index is -0.0681. The Hall–Kier alpha value is -1.89. The van der Waals surface area contributed by atoms with E-state index in [4.69, 9.17) is 0 Å². The van der Waals surface area contributed by atoms with E-state index in [0.717, 1.165) is 83.6 Å². The van der Waals surface area contributed by atoms with Gasteiger partial charge in [0.25, 0.3) is 11.8 Å². The lowest BCUT2D eigenvalue weighted by atomic mass is 10.1. The van der Waals surface area contributed by atoms with Gasteiger partial charge in [0.2, 0.25) is 0 Å². The van der Waals surface area contributed by atoms with Crippen molar-refractivity contribution in [1.82, 2.24) is 24.3 Å². The van der Waals surface area contributed by atoms with Crippen LogP contribution in [0.5, 0.6) is 0 Å². The number of unbranched alkanes of at least 4 members (excludes halogenated alkanes) is 1. The zero-order valence-corrected chi connectivity index (χ0v) is 17.0. The molecule has 0 aliphatic carbocycles. The largest absolute Gasteiger partial charge is 0.339 e. The van der Waals surface area contributed by atoms with Crippen LogP contribution in [0.1, 0.15) is 66.3 Å². The summed E-state index contributed by atoms with van der Waals surface area (Å²) in [6, 6.07) is 0. The van der Waals surface area contributed by atoms with Crippen LogP contribution < -0.4 is 0 Å². The van der Waals surface area contributed by atoms with Gasteiger partial charge in [0, 0.05) is 46.3 Å². The van der Waals surface area contributed by atoms with E-state index < -0.39 is 0 Å². The molecule has 0 bridgehead atoms. The van der Waals surface area contributed by atoms with E-state index >= 15 is 0 Å². The first kappa shape index (κ1) is 19.9. The molecule has 0 spiro atoms. The van der Waals surface area contributed by atoms with Gasteiger partial charge in [-0.2, -0.15) is 0 Å². The minimum Gasteiger partial charge on any atom is -0.339 e. The van der Waals surface area contributed by atoms with Crippen LogP contribution in [0.4, 0.5) is 0 Å². The molecule has 1 saturated heterocycles. The summed E-state index contributed by atoms with van der Waals surface area (Å²) < 4.78 is 2.00. The standard InChI is InChI=1S/C20H33N5O2/c1-4-6-10-22(3)20(27)18-21-17(16-9-7-8-11-25(16)18)19(26)24-14-12-23(5-2)13-15-24/h4-15H2,1-3H3. The van der Waals surface area contributed by atoms with E-state index in [1.165, 1.54) is 0 Å². The van der Waals surface area contributed by atoms with Crippen LogP contribution in [0, 0.1) is 0 Å². The maximum absolute atomic E-state index is 13.2. The molecule has 3 rings (SSSR count). The smallest absolute Gasteiger partial charge is 0.289 e. The lowest BCUT2D eigenvalue weighted by Gasteiger charge is -2.33. The first-order chi connectivity index (χ1) is 13.1. The summed E-state index contributed by atoms with van der Waals surface area (Å²) in [5.41, 5.74) is 1.46. The number of imidazole rings is 1. The highest BCUT2D eigenvalue weighted by Gasteiger charge is 2.31. The molecular weight excluding hydrogens is 342 g/mol. The lowest BCUT2D eigenvalue weighted by Crippen LogP contribution is -2.48. The summed E-state index contributed by atoms with van der Waals surface area (Å²) >= 11 is 0. The number of nitrogens with zero attached hydrogens (tertiary/aromatic N) is 5. The minimum absolute atomic E-state index is 0.00772. The van der Waals surface area contributed by atoms with Crippen LogP contribution >= 0.6 is 0 Å². The van der Waals surface area contributed by atoms with Gasteiger partial charge < -0.3 is 19.3 Å². The Bertz CT molecular complexity index is 676. The van der Waals surface area contributed by atoms with Crippen LogP contribution in [0.3, 0.4) is 0 Å². The summed E-state index contributed by atoms with van der Waals surface area (Å²) in [4.78, 5) is 36.7. The van der Waals surface area contributed by atoms with E-state index in [9.17, 15) is 9.59 Å². The van der Waals surface area contributed by atoms with E-state index in [1.807, 2.05) is 16.5 Å². The average molecular weight is 376 g/mol. The number of fused-ring (bicyclic) bond motifs is 1. The van der Waals surface area contributed by atoms with Gasteiger partial charge in [-0.15, -0.1) is 0 Å². The third-order valence-corrected chi connectivity index (χ3v) is 5.81. The van der Waals surface area contributed by atoms with Crippen molar-refractivity contribution in [3.05, 3.63) is 17.2 Å². The molecule has 3 heterocycles. The third kappa shape index (κ3) is 4.18. The number of aromatic nitrogens is 2. The number of amides is 2. The number of hydrogen-bond donors (Lipinski definition) is 0. The van der Waals surface area contributed by atoms with Gasteiger partial charge in [-0.1, -0.05) is 20.3 Å². The maximum atomic E-state index is 13.2. The Balaban J connectivity index is 1.83. The first-order valence-electron chi connectivity index (χ1n) is 10.4. The summed E-state index contributed by atoms with van der Waals surface area (Å²) in [6.45, 7) is 10.1. The Morgan fingerprint density at radius 2 is 1.81 bits per heavy atom. The summed E-state index contributed by atoms with van der Waals surface area (Å²) in [5, 5.41) is 0. The number of rotatable bonds is 6. The number of carbonyl (C=O) groups excluding carboxylic acids is 2. The fourth-order valence-corrected chi connectivity index (χ4v) is 3.96. The topological polar surface area (TPSA) is 61.7 Å². The lowest BCUT2D eigenvalue weighted by molar-refractivity contribution is 0.0636. The third-order valence-electron chi connectivity index (χ3n) is 5.81. The van der Waals surface area contributed by atoms with Crippen molar-refractivity contribution in [3.8, 4) is 0 Å². The molecule has 1 aromatic rings. The molecule has 1 fully saturated rings. The number of likely N-dealkylation sites (N-methyl/N-ethyl adjacent to an activating group) is 1. The highest BCUT2D eigenvalue weighted by Crippen LogP contribution is 2.23. The van der Waals surface area contributed by atoms with Crippen LogP contribution in [-0.2, 0) is 13.0 Å². The molecule has 150 valence electrons. The van der Waals surface area contributed by atoms with E-state index in [2.05, 4.69) is 23.7 Å². The molecule has 1 aromatic heterocycles. The summed E-state index contributed by atoms with van der Waals surface area (Å²) in [5.74, 6) is 0.368. The van der Waals surface area contributed by atoms with Gasteiger partial charge in [0.1, 0.15) is 5.69 Å². The number of piperazine rings is 1. The molecule has 0 N–H and O–H groups in total. The maximum Gasteiger partial charge on any atom is 0.289 e. The molecule has 2 aliphatic heterocycles. The van der Waals surface area contributed by atoms with Crippen molar-refractivity contribution < 1.29 is 9.59 Å². The Labute approximate surface area is 162 Å². The summed E-state index contributed by atoms with van der Waals surface area (Å²) in [7, 11) is 1.83. The second-order valence-electron chi connectivity index (χ2n) is 7.65. The molecule has 0 saturated carbocycles. The molecule has 0 aromatic carbocycles. The van der Waals surface area contributed by atoms with Gasteiger partial charge in [-0.25, -0.2) is 4.98 Å². The molecule has 0 radical (unpaired) electrons. The first-order valence-corrected chi connectivity index (χ1v) is 10.4. The molecule has 7 nitrogen and oxygen atoms in total. The van der Waals surface area contributed by atoms with Gasteiger partial charge in [0.15, 0.2) is 5.82 Å². The fourth-order valence-electron chi connectivity index (χ4n) is 3.96. The Morgan fingerprint density at radius 3 is 2.48 bits per heavy atom. The SMILES string of the molecule is CCCCN(C)C(=O)c1nc(C(=O)N2CCN(CC)CC2)c2n1CCCC2. The summed E-state index contributed by atoms with van der Waals surface area (Å²) in [6.07, 6.45) is 4.93. The van der Waals surface area contributed by atoms with Crippen molar-refractivity contribution in [2.45, 2.75) is 52.5 Å². The molecule has 2 aliphatic rings.